The number of nitrogens with one attached hydrogen (secondary N) is 1. The van der Waals surface area contributed by atoms with Gasteiger partial charge in [-0.15, -0.1) is 4.91 Å². The van der Waals surface area contributed by atoms with Crippen molar-refractivity contribution in [1.82, 2.24) is 4.98 Å². The number of aromatic nitrogens is 1. The van der Waals surface area contributed by atoms with Gasteiger partial charge in [-0.05, 0) is 12.1 Å². The van der Waals surface area contributed by atoms with Gasteiger partial charge in [0.05, 0.1) is 10.8 Å². The predicted octanol–water partition coefficient (Wildman–Crippen LogP) is 0.873. The normalized spacial score (nSPS) is 9.00. The van der Waals surface area contributed by atoms with Crippen LogP contribution in [-0.4, -0.2) is 16.1 Å². The van der Waals surface area contributed by atoms with Crippen molar-refractivity contribution in [1.29, 1.82) is 0 Å². The van der Waals surface area contributed by atoms with Gasteiger partial charge in [-0.3, -0.25) is 0 Å². The van der Waals surface area contributed by atoms with Crippen molar-refractivity contribution in [2.75, 3.05) is 5.43 Å². The molecule has 0 aliphatic rings. The fourth-order valence-electron chi connectivity index (χ4n) is 0.633. The SMILES string of the molecule is O=NNc1ccc(C(=O)O)cn1. The largest absolute Gasteiger partial charge is 0.478 e. The summed E-state index contributed by atoms with van der Waals surface area (Å²) in [6.07, 6.45) is 1.13. The molecule has 12 heavy (non-hydrogen) atoms. The number of pyridine rings is 1. The van der Waals surface area contributed by atoms with Crippen molar-refractivity contribution >= 4 is 11.8 Å². The minimum atomic E-state index is -1.06. The fraction of sp³-hybridized carbons (Fsp3) is 0. The minimum absolute atomic E-state index is 0.0615. The summed E-state index contributed by atoms with van der Waals surface area (Å²) in [7, 11) is 0. The maximum atomic E-state index is 10.3. The quantitative estimate of drug-likeness (QED) is 0.514. The van der Waals surface area contributed by atoms with E-state index in [-0.39, 0.29) is 11.4 Å². The van der Waals surface area contributed by atoms with E-state index in [2.05, 4.69) is 10.3 Å². The fourth-order valence-corrected chi connectivity index (χ4v) is 0.633. The number of anilines is 1. The highest BCUT2D eigenvalue weighted by atomic mass is 16.4. The maximum Gasteiger partial charge on any atom is 0.337 e. The van der Waals surface area contributed by atoms with E-state index in [1.54, 1.807) is 0 Å². The zero-order chi connectivity index (χ0) is 8.97. The number of carbonyl (C=O) groups is 1. The maximum absolute atomic E-state index is 10.3. The summed E-state index contributed by atoms with van der Waals surface area (Å²) in [6, 6.07) is 2.67. The molecule has 0 saturated carbocycles. The van der Waals surface area contributed by atoms with Crippen LogP contribution < -0.4 is 5.43 Å². The third kappa shape index (κ3) is 1.75. The lowest BCUT2D eigenvalue weighted by Gasteiger charge is -1.95. The first-order valence-corrected chi connectivity index (χ1v) is 3.02. The van der Waals surface area contributed by atoms with E-state index < -0.39 is 5.97 Å². The molecule has 0 saturated heterocycles. The molecule has 6 nitrogen and oxygen atoms in total. The van der Waals surface area contributed by atoms with Gasteiger partial charge in [-0.25, -0.2) is 15.2 Å². The molecule has 1 aromatic rings. The van der Waals surface area contributed by atoms with Gasteiger partial charge >= 0.3 is 5.97 Å². The first kappa shape index (κ1) is 8.12. The lowest BCUT2D eigenvalue weighted by atomic mass is 10.3. The van der Waals surface area contributed by atoms with Crippen LogP contribution in [0.2, 0.25) is 0 Å². The van der Waals surface area contributed by atoms with E-state index in [9.17, 15) is 9.70 Å². The first-order chi connectivity index (χ1) is 5.74. The molecule has 0 unspecified atom stereocenters. The molecule has 0 atom stereocenters. The van der Waals surface area contributed by atoms with Crippen LogP contribution in [0.15, 0.2) is 23.6 Å². The van der Waals surface area contributed by atoms with Crippen molar-refractivity contribution in [3.05, 3.63) is 28.8 Å². The van der Waals surface area contributed by atoms with Crippen molar-refractivity contribution in [2.24, 2.45) is 5.29 Å². The number of hydrogen-bond acceptors (Lipinski definition) is 4. The average molecular weight is 167 g/mol. The number of aromatic carboxylic acids is 1. The number of carboxylic acids is 1. The van der Waals surface area contributed by atoms with Gasteiger partial charge in [-0.1, -0.05) is 0 Å². The van der Waals surface area contributed by atoms with E-state index in [4.69, 9.17) is 5.11 Å². The van der Waals surface area contributed by atoms with Crippen LogP contribution in [0.5, 0.6) is 0 Å². The van der Waals surface area contributed by atoms with Crippen molar-refractivity contribution < 1.29 is 9.90 Å². The van der Waals surface area contributed by atoms with Crippen LogP contribution in [0.25, 0.3) is 0 Å². The van der Waals surface area contributed by atoms with Crippen LogP contribution >= 0.6 is 0 Å². The second-order valence-electron chi connectivity index (χ2n) is 1.94. The molecule has 6 heteroatoms. The van der Waals surface area contributed by atoms with Gasteiger partial charge < -0.3 is 5.11 Å². The Labute approximate surface area is 67.2 Å². The van der Waals surface area contributed by atoms with Crippen LogP contribution in [0.3, 0.4) is 0 Å². The van der Waals surface area contributed by atoms with E-state index in [0.717, 1.165) is 6.20 Å². The molecule has 0 aliphatic heterocycles. The van der Waals surface area contributed by atoms with Crippen molar-refractivity contribution in [2.45, 2.75) is 0 Å². The summed E-state index contributed by atoms with van der Waals surface area (Å²) in [5, 5.41) is 10.8. The molecular weight excluding hydrogens is 162 g/mol. The highest BCUT2D eigenvalue weighted by Gasteiger charge is 2.01. The molecular formula is C6H5N3O3. The highest BCUT2D eigenvalue weighted by Crippen LogP contribution is 2.04. The Bertz CT molecular complexity index is 295. The Morgan fingerprint density at radius 3 is 2.75 bits per heavy atom. The molecule has 0 fully saturated rings. The number of carboxylic acid groups (broad SMARTS) is 1. The minimum Gasteiger partial charge on any atom is -0.478 e. The summed E-state index contributed by atoms with van der Waals surface area (Å²) >= 11 is 0. The van der Waals surface area contributed by atoms with Crippen LogP contribution in [0.1, 0.15) is 10.4 Å². The predicted molar refractivity (Wildman–Crippen MR) is 40.6 cm³/mol. The van der Waals surface area contributed by atoms with Gasteiger partial charge in [0.25, 0.3) is 0 Å². The van der Waals surface area contributed by atoms with Crippen LogP contribution in [0.4, 0.5) is 5.82 Å². The molecule has 0 radical (unpaired) electrons. The van der Waals surface area contributed by atoms with Gasteiger partial charge in [0.2, 0.25) is 0 Å². The average Bonchev–Trinajstić information content (AvgIpc) is 2.06. The van der Waals surface area contributed by atoms with Gasteiger partial charge in [0.1, 0.15) is 5.82 Å². The summed E-state index contributed by atoms with van der Waals surface area (Å²) in [6.45, 7) is 0. The van der Waals surface area contributed by atoms with Gasteiger partial charge in [0, 0.05) is 6.20 Å². The molecule has 0 aliphatic carbocycles. The third-order valence-electron chi connectivity index (χ3n) is 1.17. The van der Waals surface area contributed by atoms with E-state index >= 15 is 0 Å². The second kappa shape index (κ2) is 3.42. The number of nitroso groups, excluding NO2 is 1. The Morgan fingerprint density at radius 1 is 1.58 bits per heavy atom. The zero-order valence-electron chi connectivity index (χ0n) is 5.89. The molecule has 0 aromatic carbocycles. The highest BCUT2D eigenvalue weighted by molar-refractivity contribution is 5.87. The number of hydrogen-bond donors (Lipinski definition) is 2. The van der Waals surface area contributed by atoms with E-state index in [1.165, 1.54) is 12.1 Å². The van der Waals surface area contributed by atoms with E-state index in [1.807, 2.05) is 5.43 Å². The van der Waals surface area contributed by atoms with Crippen molar-refractivity contribution in [3.63, 3.8) is 0 Å². The Balaban J connectivity index is 2.85. The summed E-state index contributed by atoms with van der Waals surface area (Å²) in [4.78, 5) is 23.6. The molecule has 1 aromatic heterocycles. The Morgan fingerprint density at radius 2 is 2.33 bits per heavy atom. The smallest absolute Gasteiger partial charge is 0.337 e. The van der Waals surface area contributed by atoms with Crippen molar-refractivity contribution in [3.8, 4) is 0 Å². The second-order valence-corrected chi connectivity index (χ2v) is 1.94. The van der Waals surface area contributed by atoms with Gasteiger partial charge in [0.15, 0.2) is 0 Å². The summed E-state index contributed by atoms with van der Waals surface area (Å²) in [5.41, 5.74) is 2.10. The molecule has 1 rings (SSSR count). The number of nitrogens with zero attached hydrogens (tertiary/aromatic N) is 2. The standard InChI is InChI=1S/C6H5N3O3/c10-6(11)4-1-2-5(7-3-4)8-9-12/h1-3H,(H,10,11)(H,7,8,12). The lowest BCUT2D eigenvalue weighted by molar-refractivity contribution is 0.0696. The Hall–Kier alpha value is -1.98. The van der Waals surface area contributed by atoms with Gasteiger partial charge in [-0.2, -0.15) is 0 Å². The topological polar surface area (TPSA) is 91.7 Å². The molecule has 0 bridgehead atoms. The molecule has 2 N–H and O–H groups in total. The molecule has 62 valence electrons. The monoisotopic (exact) mass is 167 g/mol. The lowest BCUT2D eigenvalue weighted by Crippen LogP contribution is -1.98. The molecule has 0 spiro atoms. The molecule has 1 heterocycles. The van der Waals surface area contributed by atoms with E-state index in [0.29, 0.717) is 0 Å². The zero-order valence-corrected chi connectivity index (χ0v) is 5.89. The first-order valence-electron chi connectivity index (χ1n) is 3.02. The summed E-state index contributed by atoms with van der Waals surface area (Å²) < 4.78 is 0. The number of rotatable bonds is 3. The summed E-state index contributed by atoms with van der Waals surface area (Å²) in [5.74, 6) is -0.844. The molecule has 0 amide bonds. The van der Waals surface area contributed by atoms with Crippen LogP contribution in [-0.2, 0) is 0 Å². The Kier molecular flexibility index (Phi) is 2.32. The third-order valence-corrected chi connectivity index (χ3v) is 1.17. The van der Waals surface area contributed by atoms with Crippen LogP contribution in [0, 0.1) is 4.91 Å².